The number of hydrogen-bond donors (Lipinski definition) is 1. The zero-order valence-electron chi connectivity index (χ0n) is 9.21. The lowest BCUT2D eigenvalue weighted by Gasteiger charge is -2.05. The summed E-state index contributed by atoms with van der Waals surface area (Å²) in [4.78, 5) is 26.5. The van der Waals surface area contributed by atoms with Crippen molar-refractivity contribution in [2.45, 2.75) is 26.2 Å². The normalized spacial score (nSPS) is 12.2. The second kappa shape index (κ2) is 5.69. The van der Waals surface area contributed by atoms with Crippen molar-refractivity contribution < 1.29 is 14.3 Å². The van der Waals surface area contributed by atoms with Crippen molar-refractivity contribution in [3.63, 3.8) is 0 Å². The minimum atomic E-state index is -0.497. The molecule has 16 heavy (non-hydrogen) atoms. The van der Waals surface area contributed by atoms with Crippen LogP contribution in [0.4, 0.5) is 4.79 Å². The van der Waals surface area contributed by atoms with Crippen molar-refractivity contribution in [1.82, 2.24) is 9.55 Å². The number of carbonyl (C=O) groups is 2. The molecule has 0 saturated carbocycles. The lowest BCUT2D eigenvalue weighted by atomic mass is 10.1. The zero-order chi connectivity index (χ0) is 12.1. The molecule has 0 bridgehead atoms. The van der Waals surface area contributed by atoms with Gasteiger partial charge in [0.1, 0.15) is 6.33 Å². The molecule has 0 radical (unpaired) electrons. The molecule has 0 spiro atoms. The molecular weight excluding hydrogens is 228 g/mol. The van der Waals surface area contributed by atoms with Crippen LogP contribution in [0.15, 0.2) is 12.5 Å². The highest BCUT2D eigenvalue weighted by atomic mass is 32.1. The minimum Gasteiger partial charge on any atom is -0.449 e. The lowest BCUT2D eigenvalue weighted by Crippen LogP contribution is -2.11. The molecule has 0 aromatic carbocycles. The molecule has 0 aliphatic carbocycles. The molecule has 0 N–H and O–H groups in total. The molecule has 1 aromatic heterocycles. The van der Waals surface area contributed by atoms with E-state index in [0.717, 1.165) is 0 Å². The van der Waals surface area contributed by atoms with Crippen LogP contribution in [0.25, 0.3) is 0 Å². The first-order valence-corrected chi connectivity index (χ1v) is 5.48. The summed E-state index contributed by atoms with van der Waals surface area (Å²) in [6.07, 6.45) is 2.94. The number of carbonyl (C=O) groups excluding carboxylic acids is 2. The maximum Gasteiger partial charge on any atom is 0.419 e. The molecular formula is C10H14N2O3S. The van der Waals surface area contributed by atoms with Crippen LogP contribution in [0, 0.1) is 0 Å². The summed E-state index contributed by atoms with van der Waals surface area (Å²) < 4.78 is 6.02. The highest BCUT2D eigenvalue weighted by Crippen LogP contribution is 2.20. The number of aromatic nitrogens is 2. The number of nitrogens with zero attached hydrogens (tertiary/aromatic N) is 2. The van der Waals surface area contributed by atoms with E-state index < -0.39 is 6.09 Å². The molecule has 88 valence electrons. The molecule has 1 aromatic rings. The van der Waals surface area contributed by atoms with Gasteiger partial charge in [-0.05, 0) is 13.3 Å². The lowest BCUT2D eigenvalue weighted by molar-refractivity contribution is -0.112. The Hall–Kier alpha value is -1.30. The number of hydrogen-bond acceptors (Lipinski definition) is 4. The predicted octanol–water partition coefficient (Wildman–Crippen LogP) is 1.84. The number of imidazole rings is 1. The number of thiol groups is 1. The number of rotatable bonds is 4. The highest BCUT2D eigenvalue weighted by Gasteiger charge is 2.19. The average Bonchev–Trinajstić information content (AvgIpc) is 2.68. The van der Waals surface area contributed by atoms with Gasteiger partial charge in [-0.1, -0.05) is 6.92 Å². The van der Waals surface area contributed by atoms with E-state index in [4.69, 9.17) is 4.74 Å². The van der Waals surface area contributed by atoms with Crippen molar-refractivity contribution >= 4 is 23.8 Å². The van der Waals surface area contributed by atoms with Crippen LogP contribution >= 0.6 is 12.6 Å². The Kier molecular flexibility index (Phi) is 4.54. The highest BCUT2D eigenvalue weighted by molar-refractivity contribution is 7.96. The van der Waals surface area contributed by atoms with Gasteiger partial charge in [-0.15, -0.1) is 12.6 Å². The SMILES string of the molecule is CCOC(=O)n1cnc([C@H](CC)C(=O)S)c1. The van der Waals surface area contributed by atoms with Crippen molar-refractivity contribution in [1.29, 1.82) is 0 Å². The molecule has 0 aliphatic rings. The van der Waals surface area contributed by atoms with Gasteiger partial charge in [0, 0.05) is 6.20 Å². The summed E-state index contributed by atoms with van der Waals surface area (Å²) in [5.74, 6) is -0.376. The Labute approximate surface area is 99.2 Å². The quantitative estimate of drug-likeness (QED) is 0.818. The van der Waals surface area contributed by atoms with Crippen LogP contribution in [0.1, 0.15) is 31.9 Å². The van der Waals surface area contributed by atoms with E-state index >= 15 is 0 Å². The van der Waals surface area contributed by atoms with Crippen molar-refractivity contribution in [2.75, 3.05) is 6.61 Å². The van der Waals surface area contributed by atoms with Crippen LogP contribution in [-0.2, 0) is 9.53 Å². The van der Waals surface area contributed by atoms with Gasteiger partial charge in [0.15, 0.2) is 5.12 Å². The summed E-state index contributed by atoms with van der Waals surface area (Å²) in [7, 11) is 0. The Morgan fingerprint density at radius 3 is 2.75 bits per heavy atom. The van der Waals surface area contributed by atoms with E-state index in [9.17, 15) is 9.59 Å². The molecule has 6 heteroatoms. The average molecular weight is 242 g/mol. The standard InChI is InChI=1S/C10H14N2O3S/c1-3-7(9(13)16)8-5-12(6-11-8)10(14)15-4-2/h5-7H,3-4H2,1-2H3,(H,13,16)/t7-/m0/s1. The maximum absolute atomic E-state index is 11.3. The zero-order valence-corrected chi connectivity index (χ0v) is 10.1. The van der Waals surface area contributed by atoms with Crippen molar-refractivity contribution in [3.05, 3.63) is 18.2 Å². The van der Waals surface area contributed by atoms with Crippen molar-refractivity contribution in [2.24, 2.45) is 0 Å². The largest absolute Gasteiger partial charge is 0.449 e. The Morgan fingerprint density at radius 2 is 2.25 bits per heavy atom. The summed E-state index contributed by atoms with van der Waals surface area (Å²) in [6, 6.07) is 0. The van der Waals surface area contributed by atoms with Crippen molar-refractivity contribution in [3.8, 4) is 0 Å². The minimum absolute atomic E-state index is 0.253. The first-order chi connectivity index (χ1) is 7.60. The van der Waals surface area contributed by atoms with Gasteiger partial charge >= 0.3 is 6.09 Å². The van der Waals surface area contributed by atoms with Gasteiger partial charge in [-0.3, -0.25) is 4.79 Å². The fraction of sp³-hybridized carbons (Fsp3) is 0.500. The van der Waals surface area contributed by atoms with Crippen LogP contribution in [0.3, 0.4) is 0 Å². The Morgan fingerprint density at radius 1 is 1.56 bits per heavy atom. The second-order valence-corrected chi connectivity index (χ2v) is 3.64. The monoisotopic (exact) mass is 242 g/mol. The third kappa shape index (κ3) is 2.85. The smallest absolute Gasteiger partial charge is 0.419 e. The van der Waals surface area contributed by atoms with Gasteiger partial charge in [-0.25, -0.2) is 14.3 Å². The Balaban J connectivity index is 2.85. The first-order valence-electron chi connectivity index (χ1n) is 5.03. The van der Waals surface area contributed by atoms with E-state index in [1.54, 1.807) is 6.92 Å². The topological polar surface area (TPSA) is 61.2 Å². The first kappa shape index (κ1) is 12.8. The molecule has 0 fully saturated rings. The molecule has 1 heterocycles. The van der Waals surface area contributed by atoms with Crippen LogP contribution < -0.4 is 0 Å². The van der Waals surface area contributed by atoms with Gasteiger partial charge in [0.25, 0.3) is 0 Å². The molecule has 1 atom stereocenters. The van der Waals surface area contributed by atoms with Crippen LogP contribution in [0.2, 0.25) is 0 Å². The predicted molar refractivity (Wildman–Crippen MR) is 61.7 cm³/mol. The maximum atomic E-state index is 11.3. The molecule has 5 nitrogen and oxygen atoms in total. The van der Waals surface area contributed by atoms with Gasteiger partial charge in [0.2, 0.25) is 0 Å². The molecule has 1 rings (SSSR count). The summed E-state index contributed by atoms with van der Waals surface area (Å²) in [6.45, 7) is 3.89. The van der Waals surface area contributed by atoms with E-state index in [1.807, 2.05) is 6.92 Å². The van der Waals surface area contributed by atoms with E-state index in [-0.39, 0.29) is 11.0 Å². The van der Waals surface area contributed by atoms with E-state index in [1.165, 1.54) is 17.1 Å². The second-order valence-electron chi connectivity index (χ2n) is 3.20. The molecule has 0 amide bonds. The summed E-state index contributed by atoms with van der Waals surface area (Å²) in [5, 5.41) is -0.253. The van der Waals surface area contributed by atoms with E-state index in [0.29, 0.717) is 18.7 Å². The Bertz CT molecular complexity index is 389. The van der Waals surface area contributed by atoms with Gasteiger partial charge in [-0.2, -0.15) is 0 Å². The fourth-order valence-electron chi connectivity index (χ4n) is 1.33. The summed E-state index contributed by atoms with van der Waals surface area (Å²) >= 11 is 3.78. The molecule has 0 unspecified atom stereocenters. The van der Waals surface area contributed by atoms with Gasteiger partial charge in [0.05, 0.1) is 18.2 Å². The third-order valence-electron chi connectivity index (χ3n) is 2.14. The van der Waals surface area contributed by atoms with Gasteiger partial charge < -0.3 is 4.74 Å². The van der Waals surface area contributed by atoms with Crippen LogP contribution in [-0.4, -0.2) is 27.4 Å². The van der Waals surface area contributed by atoms with Crippen LogP contribution in [0.5, 0.6) is 0 Å². The number of ether oxygens (including phenoxy) is 1. The third-order valence-corrected chi connectivity index (χ3v) is 2.46. The van der Waals surface area contributed by atoms with E-state index in [2.05, 4.69) is 17.6 Å². The fourth-order valence-corrected chi connectivity index (χ4v) is 1.64. The molecule has 0 aliphatic heterocycles. The summed E-state index contributed by atoms with van der Waals surface area (Å²) in [5.41, 5.74) is 0.538. The molecule has 0 saturated heterocycles.